The molecule has 0 heterocycles. The molecule has 0 aliphatic heterocycles. The fourth-order valence-corrected chi connectivity index (χ4v) is 1.54. The Labute approximate surface area is 105 Å². The smallest absolute Gasteiger partial charge is 0.220 e. The summed E-state index contributed by atoms with van der Waals surface area (Å²) in [6.07, 6.45) is -2.11. The summed E-state index contributed by atoms with van der Waals surface area (Å²) in [6, 6.07) is 7.56. The molecule has 0 aromatic heterocycles. The Morgan fingerprint density at radius 3 is 2.61 bits per heavy atom. The Morgan fingerprint density at radius 1 is 1.39 bits per heavy atom. The third kappa shape index (κ3) is 3.49. The van der Waals surface area contributed by atoms with Crippen molar-refractivity contribution in [3.8, 4) is 6.07 Å². The Bertz CT molecular complexity index is 503. The van der Waals surface area contributed by atoms with Crippen molar-refractivity contribution in [1.29, 1.82) is 5.26 Å². The third-order valence-corrected chi connectivity index (χ3v) is 2.40. The third-order valence-electron chi connectivity index (χ3n) is 2.40. The highest BCUT2D eigenvalue weighted by molar-refractivity contribution is 6.13. The predicted molar refractivity (Wildman–Crippen MR) is 64.8 cm³/mol. The number of hydrogen-bond acceptors (Lipinski definition) is 3. The molecule has 0 spiro atoms. The SMILES string of the molecule is CC(C)CC(=O)C(F)C(=O)c1cccc(C#N)c1. The summed E-state index contributed by atoms with van der Waals surface area (Å²) < 4.78 is 13.7. The second-order valence-corrected chi connectivity index (χ2v) is 4.48. The van der Waals surface area contributed by atoms with Crippen LogP contribution in [0, 0.1) is 17.2 Å². The van der Waals surface area contributed by atoms with E-state index in [4.69, 9.17) is 5.26 Å². The number of alkyl halides is 1. The molecule has 0 aliphatic carbocycles. The summed E-state index contributed by atoms with van der Waals surface area (Å²) in [6.45, 7) is 3.57. The standard InChI is InChI=1S/C14H14FNO2/c1-9(2)6-12(17)13(15)14(18)11-5-3-4-10(7-11)8-16/h3-5,7,9,13H,6H2,1-2H3. The quantitative estimate of drug-likeness (QED) is 0.593. The van der Waals surface area contributed by atoms with Gasteiger partial charge < -0.3 is 0 Å². The molecule has 0 fully saturated rings. The van der Waals surface area contributed by atoms with Crippen LogP contribution in [-0.4, -0.2) is 17.7 Å². The van der Waals surface area contributed by atoms with Crippen molar-refractivity contribution < 1.29 is 14.0 Å². The van der Waals surface area contributed by atoms with Crippen LogP contribution in [0.3, 0.4) is 0 Å². The van der Waals surface area contributed by atoms with Gasteiger partial charge in [-0.2, -0.15) is 5.26 Å². The molecule has 1 unspecified atom stereocenters. The number of rotatable bonds is 5. The second kappa shape index (κ2) is 6.06. The molecular formula is C14H14FNO2. The van der Waals surface area contributed by atoms with E-state index < -0.39 is 17.7 Å². The zero-order chi connectivity index (χ0) is 13.7. The minimum absolute atomic E-state index is 0.00833. The first-order valence-electron chi connectivity index (χ1n) is 5.67. The van der Waals surface area contributed by atoms with Gasteiger partial charge in [0, 0.05) is 12.0 Å². The van der Waals surface area contributed by atoms with E-state index in [1.54, 1.807) is 13.8 Å². The summed E-state index contributed by atoms with van der Waals surface area (Å²) >= 11 is 0. The van der Waals surface area contributed by atoms with E-state index in [1.807, 2.05) is 6.07 Å². The Balaban J connectivity index is 2.86. The minimum atomic E-state index is -2.14. The Morgan fingerprint density at radius 2 is 2.06 bits per heavy atom. The van der Waals surface area contributed by atoms with Gasteiger partial charge in [-0.05, 0) is 18.1 Å². The van der Waals surface area contributed by atoms with Gasteiger partial charge in [0.1, 0.15) is 0 Å². The van der Waals surface area contributed by atoms with Gasteiger partial charge in [-0.1, -0.05) is 26.0 Å². The van der Waals surface area contributed by atoms with E-state index in [9.17, 15) is 14.0 Å². The van der Waals surface area contributed by atoms with Crippen LogP contribution >= 0.6 is 0 Å². The van der Waals surface area contributed by atoms with Crippen molar-refractivity contribution in [3.05, 3.63) is 35.4 Å². The topological polar surface area (TPSA) is 57.9 Å². The van der Waals surface area contributed by atoms with Crippen molar-refractivity contribution in [2.75, 3.05) is 0 Å². The first-order chi connectivity index (χ1) is 8.45. The normalized spacial score (nSPS) is 11.9. The van der Waals surface area contributed by atoms with E-state index in [1.165, 1.54) is 24.3 Å². The van der Waals surface area contributed by atoms with Crippen molar-refractivity contribution in [2.45, 2.75) is 26.4 Å². The molecule has 0 N–H and O–H groups in total. The van der Waals surface area contributed by atoms with E-state index in [0.717, 1.165) is 0 Å². The van der Waals surface area contributed by atoms with Gasteiger partial charge >= 0.3 is 0 Å². The average Bonchev–Trinajstić information content (AvgIpc) is 2.36. The molecule has 0 bridgehead atoms. The lowest BCUT2D eigenvalue weighted by atomic mass is 9.98. The van der Waals surface area contributed by atoms with Crippen LogP contribution in [0.15, 0.2) is 24.3 Å². The van der Waals surface area contributed by atoms with E-state index >= 15 is 0 Å². The predicted octanol–water partition coefficient (Wildman–Crippen LogP) is 2.69. The molecular weight excluding hydrogens is 233 g/mol. The Hall–Kier alpha value is -2.02. The number of hydrogen-bond donors (Lipinski definition) is 0. The lowest BCUT2D eigenvalue weighted by Gasteiger charge is -2.08. The fraction of sp³-hybridized carbons (Fsp3) is 0.357. The fourth-order valence-electron chi connectivity index (χ4n) is 1.54. The summed E-state index contributed by atoms with van der Waals surface area (Å²) in [7, 11) is 0. The highest BCUT2D eigenvalue weighted by Crippen LogP contribution is 2.13. The summed E-state index contributed by atoms with van der Waals surface area (Å²) in [5, 5.41) is 8.69. The average molecular weight is 247 g/mol. The minimum Gasteiger partial charge on any atom is -0.296 e. The van der Waals surface area contributed by atoms with Crippen molar-refractivity contribution >= 4 is 11.6 Å². The molecule has 94 valence electrons. The summed E-state index contributed by atoms with van der Waals surface area (Å²) in [5.41, 5.74) is 0.322. The van der Waals surface area contributed by atoms with Crippen LogP contribution < -0.4 is 0 Å². The van der Waals surface area contributed by atoms with Crippen molar-refractivity contribution in [2.24, 2.45) is 5.92 Å². The maximum atomic E-state index is 13.7. The number of nitriles is 1. The van der Waals surface area contributed by atoms with Crippen LogP contribution in [0.5, 0.6) is 0 Å². The number of halogens is 1. The van der Waals surface area contributed by atoms with Gasteiger partial charge in [0.2, 0.25) is 12.0 Å². The molecule has 0 saturated heterocycles. The highest BCUT2D eigenvalue weighted by Gasteiger charge is 2.27. The van der Waals surface area contributed by atoms with E-state index in [2.05, 4.69) is 0 Å². The van der Waals surface area contributed by atoms with Crippen LogP contribution in [0.2, 0.25) is 0 Å². The lowest BCUT2D eigenvalue weighted by molar-refractivity contribution is -0.122. The van der Waals surface area contributed by atoms with Gasteiger partial charge in [0.25, 0.3) is 0 Å². The molecule has 1 aromatic carbocycles. The molecule has 0 radical (unpaired) electrons. The highest BCUT2D eigenvalue weighted by atomic mass is 19.1. The van der Waals surface area contributed by atoms with Crippen LogP contribution in [0.4, 0.5) is 4.39 Å². The monoisotopic (exact) mass is 247 g/mol. The van der Waals surface area contributed by atoms with Gasteiger partial charge in [0.15, 0.2) is 5.78 Å². The molecule has 0 saturated carbocycles. The number of benzene rings is 1. The second-order valence-electron chi connectivity index (χ2n) is 4.48. The number of ketones is 2. The molecule has 3 nitrogen and oxygen atoms in total. The molecule has 1 atom stereocenters. The molecule has 1 aromatic rings. The molecule has 4 heteroatoms. The molecule has 1 rings (SSSR count). The first kappa shape index (κ1) is 14.0. The molecule has 0 amide bonds. The van der Waals surface area contributed by atoms with E-state index in [0.29, 0.717) is 0 Å². The maximum absolute atomic E-state index is 13.7. The Kier molecular flexibility index (Phi) is 4.73. The molecule has 0 aliphatic rings. The van der Waals surface area contributed by atoms with Gasteiger partial charge in [-0.15, -0.1) is 0 Å². The van der Waals surface area contributed by atoms with Crippen LogP contribution in [0.25, 0.3) is 0 Å². The van der Waals surface area contributed by atoms with Gasteiger partial charge in [-0.25, -0.2) is 4.39 Å². The zero-order valence-corrected chi connectivity index (χ0v) is 10.3. The summed E-state index contributed by atoms with van der Waals surface area (Å²) in [5.74, 6) is -1.58. The van der Waals surface area contributed by atoms with Gasteiger partial charge in [-0.3, -0.25) is 9.59 Å². The van der Waals surface area contributed by atoms with Crippen LogP contribution in [-0.2, 0) is 4.79 Å². The van der Waals surface area contributed by atoms with E-state index in [-0.39, 0.29) is 23.5 Å². The lowest BCUT2D eigenvalue weighted by Crippen LogP contribution is -2.26. The first-order valence-corrected chi connectivity index (χ1v) is 5.67. The number of nitrogens with zero attached hydrogens (tertiary/aromatic N) is 1. The zero-order valence-electron chi connectivity index (χ0n) is 10.3. The van der Waals surface area contributed by atoms with Crippen LogP contribution in [0.1, 0.15) is 36.2 Å². The number of Topliss-reactive ketones (excluding diaryl/α,β-unsaturated/α-hetero) is 2. The summed E-state index contributed by atoms with van der Waals surface area (Å²) in [4.78, 5) is 23.2. The maximum Gasteiger partial charge on any atom is 0.220 e. The van der Waals surface area contributed by atoms with Gasteiger partial charge in [0.05, 0.1) is 11.6 Å². The van der Waals surface area contributed by atoms with Crippen molar-refractivity contribution in [1.82, 2.24) is 0 Å². The largest absolute Gasteiger partial charge is 0.296 e. The van der Waals surface area contributed by atoms with Crippen molar-refractivity contribution in [3.63, 3.8) is 0 Å². The number of carbonyl (C=O) groups excluding carboxylic acids is 2. The molecule has 18 heavy (non-hydrogen) atoms. The number of carbonyl (C=O) groups is 2.